The average molecular weight is 296 g/mol. The Morgan fingerprint density at radius 3 is 2.95 bits per heavy atom. The van der Waals surface area contributed by atoms with Crippen LogP contribution in [0.2, 0.25) is 0 Å². The van der Waals surface area contributed by atoms with Gasteiger partial charge in [0.05, 0.1) is 7.11 Å². The van der Waals surface area contributed by atoms with Crippen LogP contribution in [0.15, 0.2) is 49.3 Å². The second-order valence-electron chi connectivity index (χ2n) is 4.63. The van der Waals surface area contributed by atoms with Gasteiger partial charge in [-0.25, -0.2) is 19.6 Å². The summed E-state index contributed by atoms with van der Waals surface area (Å²) in [5.41, 5.74) is 1.21. The van der Waals surface area contributed by atoms with Crippen LogP contribution in [0.3, 0.4) is 0 Å². The number of nitrogens with one attached hydrogen (secondary N) is 1. The van der Waals surface area contributed by atoms with E-state index in [1.54, 1.807) is 18.1 Å². The molecule has 2 heterocycles. The van der Waals surface area contributed by atoms with E-state index >= 15 is 0 Å². The molecule has 3 aromatic rings. The summed E-state index contributed by atoms with van der Waals surface area (Å²) < 4.78 is 6.81. The van der Waals surface area contributed by atoms with Crippen LogP contribution in [0.5, 0.6) is 5.75 Å². The maximum absolute atomic E-state index is 5.22. The van der Waals surface area contributed by atoms with Crippen LogP contribution in [-0.4, -0.2) is 38.4 Å². The van der Waals surface area contributed by atoms with Crippen LogP contribution in [-0.2, 0) is 6.42 Å². The minimum absolute atomic E-state index is 0.677. The van der Waals surface area contributed by atoms with E-state index in [0.29, 0.717) is 5.82 Å². The molecule has 0 radical (unpaired) electrons. The lowest BCUT2D eigenvalue weighted by Gasteiger charge is -2.08. The van der Waals surface area contributed by atoms with Crippen LogP contribution >= 0.6 is 0 Å². The van der Waals surface area contributed by atoms with Gasteiger partial charge in [0.25, 0.3) is 0 Å². The molecule has 3 rings (SSSR count). The van der Waals surface area contributed by atoms with Crippen molar-refractivity contribution in [2.45, 2.75) is 6.42 Å². The Bertz CT molecular complexity index is 728. The lowest BCUT2D eigenvalue weighted by molar-refractivity contribution is 0.414. The van der Waals surface area contributed by atoms with E-state index in [2.05, 4.69) is 31.4 Å². The molecule has 0 spiro atoms. The van der Waals surface area contributed by atoms with Crippen molar-refractivity contribution >= 4 is 5.82 Å². The molecule has 1 N–H and O–H groups in total. The van der Waals surface area contributed by atoms with E-state index < -0.39 is 0 Å². The summed E-state index contributed by atoms with van der Waals surface area (Å²) in [5.74, 6) is 2.30. The topological polar surface area (TPSA) is 77.8 Å². The summed E-state index contributed by atoms with van der Waals surface area (Å²) in [6.07, 6.45) is 5.45. The van der Waals surface area contributed by atoms with Gasteiger partial charge in [0, 0.05) is 12.6 Å². The Hall–Kier alpha value is -2.96. The fraction of sp³-hybridized carbons (Fsp3) is 0.200. The molecule has 0 unspecified atom stereocenters. The molecule has 0 amide bonds. The molecule has 1 aromatic carbocycles. The van der Waals surface area contributed by atoms with Crippen LogP contribution in [0.1, 0.15) is 5.56 Å². The van der Waals surface area contributed by atoms with Gasteiger partial charge in [0.1, 0.15) is 30.5 Å². The largest absolute Gasteiger partial charge is 0.497 e. The minimum atomic E-state index is 0.677. The maximum atomic E-state index is 5.22. The molecule has 2 aromatic heterocycles. The quantitative estimate of drug-likeness (QED) is 0.746. The number of aromatic nitrogens is 5. The molecular weight excluding hydrogens is 280 g/mol. The minimum Gasteiger partial charge on any atom is -0.497 e. The highest BCUT2D eigenvalue weighted by atomic mass is 16.5. The van der Waals surface area contributed by atoms with Crippen molar-refractivity contribution < 1.29 is 4.74 Å². The predicted molar refractivity (Wildman–Crippen MR) is 82.1 cm³/mol. The molecule has 0 aliphatic heterocycles. The van der Waals surface area contributed by atoms with Gasteiger partial charge in [-0.15, -0.1) is 0 Å². The van der Waals surface area contributed by atoms with Crippen LogP contribution in [0.25, 0.3) is 5.82 Å². The SMILES string of the molecule is COc1cccc(CCNc2cc(-n3cncn3)ncn2)c1. The van der Waals surface area contributed by atoms with Gasteiger partial charge in [-0.1, -0.05) is 12.1 Å². The first-order valence-electron chi connectivity index (χ1n) is 6.89. The number of ether oxygens (including phenoxy) is 1. The van der Waals surface area contributed by atoms with E-state index in [4.69, 9.17) is 4.74 Å². The first-order chi connectivity index (χ1) is 10.8. The lowest BCUT2D eigenvalue weighted by Crippen LogP contribution is -2.08. The van der Waals surface area contributed by atoms with E-state index in [1.807, 2.05) is 24.3 Å². The highest BCUT2D eigenvalue weighted by molar-refractivity contribution is 5.40. The fourth-order valence-electron chi connectivity index (χ4n) is 2.06. The standard InChI is InChI=1S/C15H16N6O/c1-22-13-4-2-3-12(7-13)5-6-17-14-8-15(19-10-18-14)21-11-16-9-20-21/h2-4,7-11H,5-6H2,1H3,(H,17,18,19). The summed E-state index contributed by atoms with van der Waals surface area (Å²) in [5, 5.41) is 7.33. The van der Waals surface area contributed by atoms with E-state index in [1.165, 1.54) is 18.2 Å². The third kappa shape index (κ3) is 3.38. The first kappa shape index (κ1) is 14.0. The molecule has 0 fully saturated rings. The maximum Gasteiger partial charge on any atom is 0.160 e. The van der Waals surface area contributed by atoms with Gasteiger partial charge in [-0.3, -0.25) is 0 Å². The van der Waals surface area contributed by atoms with Gasteiger partial charge in [-0.2, -0.15) is 5.10 Å². The van der Waals surface area contributed by atoms with Crippen molar-refractivity contribution in [1.82, 2.24) is 24.7 Å². The van der Waals surface area contributed by atoms with Gasteiger partial charge < -0.3 is 10.1 Å². The highest BCUT2D eigenvalue weighted by Crippen LogP contribution is 2.13. The summed E-state index contributed by atoms with van der Waals surface area (Å²) in [6.45, 7) is 0.765. The second kappa shape index (κ2) is 6.66. The van der Waals surface area contributed by atoms with Crippen LogP contribution in [0.4, 0.5) is 5.82 Å². The molecule has 0 aliphatic carbocycles. The van der Waals surface area contributed by atoms with Gasteiger partial charge in [0.2, 0.25) is 0 Å². The Morgan fingerprint density at radius 1 is 1.18 bits per heavy atom. The van der Waals surface area contributed by atoms with Crippen LogP contribution in [0, 0.1) is 0 Å². The van der Waals surface area contributed by atoms with Gasteiger partial charge >= 0.3 is 0 Å². The molecule has 0 saturated carbocycles. The second-order valence-corrected chi connectivity index (χ2v) is 4.63. The number of hydrogen-bond donors (Lipinski definition) is 1. The van der Waals surface area contributed by atoms with Crippen molar-refractivity contribution in [3.8, 4) is 11.6 Å². The third-order valence-corrected chi connectivity index (χ3v) is 3.16. The Labute approximate surface area is 128 Å². The van der Waals surface area contributed by atoms with E-state index in [-0.39, 0.29) is 0 Å². The first-order valence-corrected chi connectivity index (χ1v) is 6.89. The summed E-state index contributed by atoms with van der Waals surface area (Å²) in [4.78, 5) is 12.3. The monoisotopic (exact) mass is 296 g/mol. The molecular formula is C15H16N6O. The van der Waals surface area contributed by atoms with Crippen molar-refractivity contribution in [1.29, 1.82) is 0 Å². The summed E-state index contributed by atoms with van der Waals surface area (Å²) in [7, 11) is 1.67. The molecule has 7 heteroatoms. The molecule has 22 heavy (non-hydrogen) atoms. The number of anilines is 1. The van der Waals surface area contributed by atoms with E-state index in [9.17, 15) is 0 Å². The molecule has 0 atom stereocenters. The molecule has 0 aliphatic rings. The number of hydrogen-bond acceptors (Lipinski definition) is 6. The number of benzene rings is 1. The van der Waals surface area contributed by atoms with Crippen molar-refractivity contribution in [2.75, 3.05) is 19.0 Å². The number of methoxy groups -OCH3 is 1. The van der Waals surface area contributed by atoms with Crippen molar-refractivity contribution in [3.63, 3.8) is 0 Å². The third-order valence-electron chi connectivity index (χ3n) is 3.16. The van der Waals surface area contributed by atoms with Crippen LogP contribution < -0.4 is 10.1 Å². The molecule has 0 bridgehead atoms. The van der Waals surface area contributed by atoms with Crippen molar-refractivity contribution in [2.24, 2.45) is 0 Å². The predicted octanol–water partition coefficient (Wildman–Crippen LogP) is 1.72. The average Bonchev–Trinajstić information content (AvgIpc) is 3.10. The highest BCUT2D eigenvalue weighted by Gasteiger charge is 2.02. The zero-order valence-corrected chi connectivity index (χ0v) is 12.2. The zero-order valence-electron chi connectivity index (χ0n) is 12.2. The molecule has 0 saturated heterocycles. The Morgan fingerprint density at radius 2 is 2.14 bits per heavy atom. The zero-order chi connectivity index (χ0) is 15.2. The number of nitrogens with zero attached hydrogens (tertiary/aromatic N) is 5. The lowest BCUT2D eigenvalue weighted by atomic mass is 10.1. The smallest absolute Gasteiger partial charge is 0.160 e. The fourth-order valence-corrected chi connectivity index (χ4v) is 2.06. The molecule has 112 valence electrons. The van der Waals surface area contributed by atoms with Gasteiger partial charge in [-0.05, 0) is 24.1 Å². The normalized spacial score (nSPS) is 10.4. The van der Waals surface area contributed by atoms with Gasteiger partial charge in [0.15, 0.2) is 5.82 Å². The summed E-state index contributed by atoms with van der Waals surface area (Å²) in [6, 6.07) is 9.86. The molecule has 7 nitrogen and oxygen atoms in total. The van der Waals surface area contributed by atoms with Crippen molar-refractivity contribution in [3.05, 3.63) is 54.9 Å². The number of rotatable bonds is 6. The Balaban J connectivity index is 1.61. The summed E-state index contributed by atoms with van der Waals surface area (Å²) >= 11 is 0. The van der Waals surface area contributed by atoms with E-state index in [0.717, 1.165) is 24.5 Å². The Kier molecular flexibility index (Phi) is 4.24.